The molecule has 0 aliphatic heterocycles. The molecule has 0 bridgehead atoms. The van der Waals surface area contributed by atoms with Gasteiger partial charge < -0.3 is 16.4 Å². The molecule has 0 unspecified atom stereocenters. The van der Waals surface area contributed by atoms with Gasteiger partial charge in [-0.3, -0.25) is 4.79 Å². The SMILES string of the molecule is CCC(C)(CC)Nc1cc(N)ccc1C(=O)NC. The van der Waals surface area contributed by atoms with Crippen LogP contribution < -0.4 is 16.4 Å². The van der Waals surface area contributed by atoms with Gasteiger partial charge in [-0.2, -0.15) is 0 Å². The number of hydrogen-bond acceptors (Lipinski definition) is 3. The summed E-state index contributed by atoms with van der Waals surface area (Å²) in [7, 11) is 1.63. The average Bonchev–Trinajstić information content (AvgIpc) is 2.38. The van der Waals surface area contributed by atoms with Crippen LogP contribution in [0.2, 0.25) is 0 Å². The summed E-state index contributed by atoms with van der Waals surface area (Å²) in [6.07, 6.45) is 1.96. The van der Waals surface area contributed by atoms with Crippen molar-refractivity contribution in [3.8, 4) is 0 Å². The Balaban J connectivity index is 3.13. The first-order valence-corrected chi connectivity index (χ1v) is 6.35. The van der Waals surface area contributed by atoms with Gasteiger partial charge in [-0.05, 0) is 38.0 Å². The van der Waals surface area contributed by atoms with E-state index in [1.165, 1.54) is 0 Å². The van der Waals surface area contributed by atoms with Gasteiger partial charge in [-0.25, -0.2) is 0 Å². The van der Waals surface area contributed by atoms with Crippen LogP contribution in [-0.2, 0) is 0 Å². The van der Waals surface area contributed by atoms with Gasteiger partial charge in [0, 0.05) is 24.0 Å². The molecule has 0 saturated carbocycles. The van der Waals surface area contributed by atoms with Gasteiger partial charge in [-0.1, -0.05) is 13.8 Å². The zero-order chi connectivity index (χ0) is 13.8. The maximum Gasteiger partial charge on any atom is 0.253 e. The Morgan fingerprint density at radius 3 is 2.44 bits per heavy atom. The molecule has 0 heterocycles. The highest BCUT2D eigenvalue weighted by Gasteiger charge is 2.21. The van der Waals surface area contributed by atoms with Crippen molar-refractivity contribution in [1.82, 2.24) is 5.32 Å². The number of carbonyl (C=O) groups excluding carboxylic acids is 1. The molecular weight excluding hydrogens is 226 g/mol. The summed E-state index contributed by atoms with van der Waals surface area (Å²) in [5, 5.41) is 6.08. The Kier molecular flexibility index (Phi) is 4.59. The van der Waals surface area contributed by atoms with Crippen LogP contribution in [0.1, 0.15) is 44.0 Å². The third-order valence-corrected chi connectivity index (χ3v) is 3.51. The number of rotatable bonds is 5. The van der Waals surface area contributed by atoms with Gasteiger partial charge >= 0.3 is 0 Å². The Labute approximate surface area is 109 Å². The molecule has 0 atom stereocenters. The summed E-state index contributed by atoms with van der Waals surface area (Å²) < 4.78 is 0. The molecule has 1 rings (SSSR count). The second-order valence-corrected chi connectivity index (χ2v) is 4.78. The normalized spacial score (nSPS) is 11.1. The van der Waals surface area contributed by atoms with Crippen molar-refractivity contribution in [2.24, 2.45) is 0 Å². The lowest BCUT2D eigenvalue weighted by molar-refractivity contribution is 0.0964. The van der Waals surface area contributed by atoms with E-state index in [2.05, 4.69) is 31.4 Å². The second kappa shape index (κ2) is 5.76. The van der Waals surface area contributed by atoms with Gasteiger partial charge in [0.1, 0.15) is 0 Å². The van der Waals surface area contributed by atoms with Crippen LogP contribution in [0.3, 0.4) is 0 Å². The summed E-state index contributed by atoms with van der Waals surface area (Å²) in [5.41, 5.74) is 7.84. The molecular formula is C14H23N3O. The smallest absolute Gasteiger partial charge is 0.253 e. The van der Waals surface area contributed by atoms with Crippen molar-refractivity contribution in [1.29, 1.82) is 0 Å². The lowest BCUT2D eigenvalue weighted by atomic mass is 9.94. The standard InChI is InChI=1S/C14H23N3O/c1-5-14(3,6-2)17-12-9-10(15)7-8-11(12)13(18)16-4/h7-9,17H,5-6,15H2,1-4H3,(H,16,18). The number of benzene rings is 1. The largest absolute Gasteiger partial charge is 0.399 e. The second-order valence-electron chi connectivity index (χ2n) is 4.78. The summed E-state index contributed by atoms with van der Waals surface area (Å²) >= 11 is 0. The lowest BCUT2D eigenvalue weighted by Crippen LogP contribution is -2.34. The van der Waals surface area contributed by atoms with Crippen LogP contribution in [0.15, 0.2) is 18.2 Å². The number of carbonyl (C=O) groups is 1. The van der Waals surface area contributed by atoms with Crippen LogP contribution in [0.4, 0.5) is 11.4 Å². The summed E-state index contributed by atoms with van der Waals surface area (Å²) in [4.78, 5) is 11.8. The van der Waals surface area contributed by atoms with E-state index >= 15 is 0 Å². The van der Waals surface area contributed by atoms with Crippen molar-refractivity contribution < 1.29 is 4.79 Å². The van der Waals surface area contributed by atoms with E-state index < -0.39 is 0 Å². The van der Waals surface area contributed by atoms with Gasteiger partial charge in [0.15, 0.2) is 0 Å². The molecule has 4 nitrogen and oxygen atoms in total. The Bertz CT molecular complexity index is 425. The molecule has 1 amide bonds. The molecule has 0 fully saturated rings. The predicted octanol–water partition coefficient (Wildman–Crippen LogP) is 2.62. The molecule has 1 aromatic carbocycles. The number of nitrogens with one attached hydrogen (secondary N) is 2. The number of anilines is 2. The van der Waals surface area contributed by atoms with E-state index in [-0.39, 0.29) is 11.4 Å². The molecule has 4 N–H and O–H groups in total. The van der Waals surface area contributed by atoms with Crippen LogP contribution in [-0.4, -0.2) is 18.5 Å². The first-order valence-electron chi connectivity index (χ1n) is 6.35. The van der Waals surface area contributed by atoms with E-state index in [0.717, 1.165) is 18.5 Å². The Hall–Kier alpha value is -1.71. The molecule has 18 heavy (non-hydrogen) atoms. The van der Waals surface area contributed by atoms with E-state index in [0.29, 0.717) is 11.3 Å². The quantitative estimate of drug-likeness (QED) is 0.703. The predicted molar refractivity (Wildman–Crippen MR) is 76.9 cm³/mol. The molecule has 1 aromatic rings. The van der Waals surface area contributed by atoms with Crippen molar-refractivity contribution in [3.05, 3.63) is 23.8 Å². The van der Waals surface area contributed by atoms with Gasteiger partial charge in [-0.15, -0.1) is 0 Å². The van der Waals surface area contributed by atoms with Crippen molar-refractivity contribution in [3.63, 3.8) is 0 Å². The van der Waals surface area contributed by atoms with E-state index in [9.17, 15) is 4.79 Å². The highest BCUT2D eigenvalue weighted by molar-refractivity contribution is 6.00. The van der Waals surface area contributed by atoms with Gasteiger partial charge in [0.2, 0.25) is 0 Å². The fourth-order valence-electron chi connectivity index (χ4n) is 1.75. The third kappa shape index (κ3) is 3.15. The van der Waals surface area contributed by atoms with Gasteiger partial charge in [0.05, 0.1) is 5.56 Å². The topological polar surface area (TPSA) is 67.1 Å². The molecule has 0 aliphatic carbocycles. The fourth-order valence-corrected chi connectivity index (χ4v) is 1.75. The zero-order valence-corrected chi connectivity index (χ0v) is 11.6. The Morgan fingerprint density at radius 2 is 1.94 bits per heavy atom. The van der Waals surface area contributed by atoms with Crippen LogP contribution in [0.25, 0.3) is 0 Å². The molecule has 0 spiro atoms. The molecule has 0 radical (unpaired) electrons. The van der Waals surface area contributed by atoms with E-state index in [4.69, 9.17) is 5.73 Å². The minimum atomic E-state index is -0.105. The van der Waals surface area contributed by atoms with E-state index in [1.54, 1.807) is 19.2 Å². The monoisotopic (exact) mass is 249 g/mol. The maximum atomic E-state index is 11.8. The molecule has 100 valence electrons. The van der Waals surface area contributed by atoms with Gasteiger partial charge in [0.25, 0.3) is 5.91 Å². The lowest BCUT2D eigenvalue weighted by Gasteiger charge is -2.30. The summed E-state index contributed by atoms with van der Waals surface area (Å²) in [6, 6.07) is 5.31. The number of nitrogens with two attached hydrogens (primary N) is 1. The van der Waals surface area contributed by atoms with Crippen LogP contribution in [0, 0.1) is 0 Å². The summed E-state index contributed by atoms with van der Waals surface area (Å²) in [6.45, 7) is 6.40. The van der Waals surface area contributed by atoms with E-state index in [1.807, 2.05) is 6.07 Å². The molecule has 0 aromatic heterocycles. The summed E-state index contributed by atoms with van der Waals surface area (Å²) in [5.74, 6) is -0.105. The highest BCUT2D eigenvalue weighted by Crippen LogP contribution is 2.26. The minimum absolute atomic E-state index is 0.0312. The van der Waals surface area contributed by atoms with Crippen LogP contribution in [0.5, 0.6) is 0 Å². The Morgan fingerprint density at radius 1 is 1.33 bits per heavy atom. The fraction of sp³-hybridized carbons (Fsp3) is 0.500. The molecule has 0 aliphatic rings. The average molecular weight is 249 g/mol. The highest BCUT2D eigenvalue weighted by atomic mass is 16.1. The molecule has 4 heteroatoms. The number of amides is 1. The van der Waals surface area contributed by atoms with Crippen molar-refractivity contribution in [2.45, 2.75) is 39.2 Å². The van der Waals surface area contributed by atoms with Crippen molar-refractivity contribution >= 4 is 17.3 Å². The maximum absolute atomic E-state index is 11.8. The first-order chi connectivity index (χ1) is 8.45. The zero-order valence-electron chi connectivity index (χ0n) is 11.6. The third-order valence-electron chi connectivity index (χ3n) is 3.51. The molecule has 0 saturated heterocycles. The number of hydrogen-bond donors (Lipinski definition) is 3. The van der Waals surface area contributed by atoms with Crippen LogP contribution >= 0.6 is 0 Å². The van der Waals surface area contributed by atoms with Crippen molar-refractivity contribution in [2.75, 3.05) is 18.1 Å². The minimum Gasteiger partial charge on any atom is -0.399 e. The first kappa shape index (κ1) is 14.4. The number of nitrogen functional groups attached to an aromatic ring is 1.